The maximum atomic E-state index is 14.7. The molecule has 0 amide bonds. The molecule has 208 valence electrons. The highest BCUT2D eigenvalue weighted by molar-refractivity contribution is 6.32. The van der Waals surface area contributed by atoms with Crippen molar-refractivity contribution >= 4 is 17.4 Å². The summed E-state index contributed by atoms with van der Waals surface area (Å²) in [5, 5.41) is 2.83. The normalized spacial score (nSPS) is 15.8. The van der Waals surface area contributed by atoms with Crippen molar-refractivity contribution in [1.29, 1.82) is 0 Å². The highest BCUT2D eigenvalue weighted by atomic mass is 35.5. The molecule has 0 spiro atoms. The summed E-state index contributed by atoms with van der Waals surface area (Å²) in [6.45, 7) is -0.321. The quantitative estimate of drug-likeness (QED) is 0.221. The molecule has 2 aromatic carbocycles. The van der Waals surface area contributed by atoms with Gasteiger partial charge in [0, 0.05) is 29.6 Å². The fourth-order valence-corrected chi connectivity index (χ4v) is 4.51. The van der Waals surface area contributed by atoms with Crippen molar-refractivity contribution in [3.05, 3.63) is 112 Å². The molecule has 3 heterocycles. The number of nitrogens with zero attached hydrogens (tertiary/aromatic N) is 3. The third-order valence-corrected chi connectivity index (χ3v) is 6.42. The highest BCUT2D eigenvalue weighted by Gasteiger charge is 2.43. The van der Waals surface area contributed by atoms with Crippen LogP contribution in [0, 0.1) is 11.6 Å². The van der Waals surface area contributed by atoms with E-state index in [1.807, 2.05) is 0 Å². The summed E-state index contributed by atoms with van der Waals surface area (Å²) in [4.78, 5) is 10.6. The lowest BCUT2D eigenvalue weighted by Crippen LogP contribution is -2.31. The van der Waals surface area contributed by atoms with E-state index in [4.69, 9.17) is 20.9 Å². The van der Waals surface area contributed by atoms with Gasteiger partial charge in [0.05, 0.1) is 29.0 Å². The van der Waals surface area contributed by atoms with Gasteiger partial charge in [0.1, 0.15) is 11.6 Å². The van der Waals surface area contributed by atoms with Gasteiger partial charge in [0.15, 0.2) is 5.76 Å². The van der Waals surface area contributed by atoms with Crippen molar-refractivity contribution in [2.45, 2.75) is 25.1 Å². The Morgan fingerprint density at radius 2 is 1.70 bits per heavy atom. The second-order valence-electron chi connectivity index (χ2n) is 8.56. The summed E-state index contributed by atoms with van der Waals surface area (Å²) in [5.41, 5.74) is -3.55. The summed E-state index contributed by atoms with van der Waals surface area (Å²) in [7, 11) is 0. The fourth-order valence-electron chi connectivity index (χ4n) is 4.20. The lowest BCUT2D eigenvalue weighted by atomic mass is 9.99. The van der Waals surface area contributed by atoms with E-state index in [2.05, 4.69) is 10.1 Å². The molecule has 0 aliphatic carbocycles. The number of rotatable bonds is 5. The van der Waals surface area contributed by atoms with E-state index in [1.54, 1.807) is 0 Å². The van der Waals surface area contributed by atoms with E-state index < -0.39 is 51.9 Å². The van der Waals surface area contributed by atoms with Crippen LogP contribution in [0.2, 0.25) is 5.02 Å². The number of pyridine rings is 1. The molecule has 1 unspecified atom stereocenters. The van der Waals surface area contributed by atoms with E-state index in [0.29, 0.717) is 12.1 Å². The summed E-state index contributed by atoms with van der Waals surface area (Å²) < 4.78 is 116. The largest absolute Gasteiger partial charge is 0.461 e. The molecule has 0 radical (unpaired) electrons. The summed E-state index contributed by atoms with van der Waals surface area (Å²) in [6, 6.07) is 7.57. The van der Waals surface area contributed by atoms with Crippen LogP contribution in [-0.2, 0) is 23.7 Å². The van der Waals surface area contributed by atoms with Crippen LogP contribution in [0.3, 0.4) is 0 Å². The van der Waals surface area contributed by atoms with Crippen LogP contribution in [0.4, 0.5) is 35.1 Å². The lowest BCUT2D eigenvalue weighted by molar-refractivity contribution is -0.143. The van der Waals surface area contributed by atoms with Crippen LogP contribution < -0.4 is 0 Å². The molecule has 0 saturated heterocycles. The van der Waals surface area contributed by atoms with Gasteiger partial charge < -0.3 is 14.2 Å². The minimum Gasteiger partial charge on any atom is -0.461 e. The second kappa shape index (κ2) is 10.1. The van der Waals surface area contributed by atoms with E-state index >= 15 is 0 Å². The maximum Gasteiger partial charge on any atom is 0.417 e. The Morgan fingerprint density at radius 1 is 0.925 bits per heavy atom. The minimum absolute atomic E-state index is 0.0246. The molecule has 1 aliphatic heterocycles. The maximum absolute atomic E-state index is 14.7. The molecule has 5 nitrogen and oxygen atoms in total. The highest BCUT2D eigenvalue weighted by Crippen LogP contribution is 2.45. The Kier molecular flexibility index (Phi) is 6.94. The van der Waals surface area contributed by atoms with Crippen molar-refractivity contribution in [3.8, 4) is 11.1 Å². The first kappa shape index (κ1) is 27.4. The number of amidine groups is 1. The summed E-state index contributed by atoms with van der Waals surface area (Å²) >= 11 is 6.03. The van der Waals surface area contributed by atoms with Gasteiger partial charge in [-0.25, -0.2) is 8.78 Å². The standard InChI is InChI=1S/C26H14ClF8N3O2/c27-22-18(8-14(25(30,31)32)9-19(22)26(33,34)35)24-38(23(37-40-24)21-2-1-7-39-21)12-13-11-36-6-5-16(13)17-4-3-15(28)10-20(17)29/h1-11,24H,12H2. The van der Waals surface area contributed by atoms with Crippen molar-refractivity contribution < 1.29 is 44.4 Å². The van der Waals surface area contributed by atoms with Gasteiger partial charge in [-0.3, -0.25) is 4.98 Å². The van der Waals surface area contributed by atoms with Gasteiger partial charge in [-0.15, -0.1) is 0 Å². The van der Waals surface area contributed by atoms with Crippen LogP contribution in [-0.4, -0.2) is 15.7 Å². The number of benzene rings is 2. The number of halogens is 9. The van der Waals surface area contributed by atoms with Crippen molar-refractivity contribution in [1.82, 2.24) is 9.88 Å². The monoisotopic (exact) mass is 587 g/mol. The Labute approximate surface area is 225 Å². The molecular formula is C26H14ClF8N3O2. The Hall–Kier alpha value is -4.13. The minimum atomic E-state index is -5.22. The lowest BCUT2D eigenvalue weighted by Gasteiger charge is -2.28. The molecule has 40 heavy (non-hydrogen) atoms. The van der Waals surface area contributed by atoms with E-state index in [1.165, 1.54) is 47.8 Å². The molecule has 14 heteroatoms. The number of alkyl halides is 6. The molecular weight excluding hydrogens is 574 g/mol. The molecule has 0 saturated carbocycles. The first-order chi connectivity index (χ1) is 18.8. The molecule has 1 atom stereocenters. The molecule has 0 N–H and O–H groups in total. The molecule has 1 aliphatic rings. The number of oxime groups is 1. The molecule has 0 fully saturated rings. The fraction of sp³-hybridized carbons (Fsp3) is 0.154. The van der Waals surface area contributed by atoms with Crippen molar-refractivity contribution in [2.24, 2.45) is 5.16 Å². The number of hydrogen-bond acceptors (Lipinski definition) is 5. The van der Waals surface area contributed by atoms with E-state index in [0.717, 1.165) is 6.07 Å². The van der Waals surface area contributed by atoms with Crippen LogP contribution >= 0.6 is 11.6 Å². The van der Waals surface area contributed by atoms with Gasteiger partial charge in [-0.1, -0.05) is 16.8 Å². The van der Waals surface area contributed by atoms with Crippen molar-refractivity contribution in [2.75, 3.05) is 0 Å². The summed E-state index contributed by atoms with van der Waals surface area (Å²) in [5.74, 6) is -1.75. The average Bonchev–Trinajstić information content (AvgIpc) is 3.54. The average molecular weight is 588 g/mol. The zero-order valence-corrected chi connectivity index (χ0v) is 20.5. The second-order valence-corrected chi connectivity index (χ2v) is 8.94. The number of aromatic nitrogens is 1. The predicted molar refractivity (Wildman–Crippen MR) is 126 cm³/mol. The van der Waals surface area contributed by atoms with E-state index in [-0.39, 0.29) is 40.9 Å². The Morgan fingerprint density at radius 3 is 2.35 bits per heavy atom. The third kappa shape index (κ3) is 5.20. The number of furan rings is 1. The Balaban J connectivity index is 1.65. The van der Waals surface area contributed by atoms with Crippen molar-refractivity contribution in [3.63, 3.8) is 0 Å². The van der Waals surface area contributed by atoms with Gasteiger partial charge >= 0.3 is 12.4 Å². The van der Waals surface area contributed by atoms with Crippen LogP contribution in [0.5, 0.6) is 0 Å². The zero-order valence-electron chi connectivity index (χ0n) is 19.7. The third-order valence-electron chi connectivity index (χ3n) is 6.00. The van der Waals surface area contributed by atoms with Gasteiger partial charge in [0.25, 0.3) is 0 Å². The Bertz CT molecular complexity index is 1590. The van der Waals surface area contributed by atoms with Crippen LogP contribution in [0.25, 0.3) is 11.1 Å². The SMILES string of the molecule is Fc1ccc(-c2ccncc2CN2C(c3ccco3)=NOC2c2cc(C(F)(F)F)cc(C(F)(F)F)c2Cl)c(F)c1. The zero-order chi connectivity index (χ0) is 28.8. The van der Waals surface area contributed by atoms with Gasteiger partial charge in [-0.05, 0) is 53.6 Å². The van der Waals surface area contributed by atoms with Crippen LogP contribution in [0.15, 0.2) is 76.8 Å². The van der Waals surface area contributed by atoms with Gasteiger partial charge in [-0.2, -0.15) is 26.3 Å². The predicted octanol–water partition coefficient (Wildman–Crippen LogP) is 8.20. The molecule has 0 bridgehead atoms. The molecule has 2 aromatic heterocycles. The van der Waals surface area contributed by atoms with E-state index in [9.17, 15) is 35.1 Å². The molecule has 4 aromatic rings. The topological polar surface area (TPSA) is 50.9 Å². The number of hydrogen-bond donors (Lipinski definition) is 0. The summed E-state index contributed by atoms with van der Waals surface area (Å²) in [6.07, 6.45) is -8.15. The first-order valence-electron chi connectivity index (χ1n) is 11.2. The smallest absolute Gasteiger partial charge is 0.417 e. The first-order valence-corrected chi connectivity index (χ1v) is 11.6. The van der Waals surface area contributed by atoms with Gasteiger partial charge in [0.2, 0.25) is 12.1 Å². The molecule has 5 rings (SSSR count). The van der Waals surface area contributed by atoms with Crippen LogP contribution in [0.1, 0.15) is 34.2 Å².